The van der Waals surface area contributed by atoms with E-state index in [0.29, 0.717) is 17.2 Å². The van der Waals surface area contributed by atoms with E-state index in [1.807, 2.05) is 0 Å². The maximum Gasteiger partial charge on any atom is 0.153 e. The zero-order chi connectivity index (χ0) is 9.68. The minimum Gasteiger partial charge on any atom is -0.298 e. The molecular formula is C10H6BrFO. The van der Waals surface area contributed by atoms with Crippen molar-refractivity contribution in [3.05, 3.63) is 35.1 Å². The number of benzene rings is 1. The van der Waals surface area contributed by atoms with Gasteiger partial charge in [-0.2, -0.15) is 0 Å². The second-order valence-electron chi connectivity index (χ2n) is 2.29. The number of carbonyl (C=O) groups is 1. The van der Waals surface area contributed by atoms with Gasteiger partial charge in [0.15, 0.2) is 6.29 Å². The zero-order valence-electron chi connectivity index (χ0n) is 6.68. The van der Waals surface area contributed by atoms with Gasteiger partial charge in [0.1, 0.15) is 5.82 Å². The lowest BCUT2D eigenvalue weighted by Gasteiger charge is -1.94. The molecule has 0 saturated carbocycles. The Morgan fingerprint density at radius 3 is 2.92 bits per heavy atom. The summed E-state index contributed by atoms with van der Waals surface area (Å²) in [5.41, 5.74) is 0.685. The zero-order valence-corrected chi connectivity index (χ0v) is 8.27. The molecule has 1 aromatic rings. The summed E-state index contributed by atoms with van der Waals surface area (Å²) in [7, 11) is 0. The van der Waals surface area contributed by atoms with Gasteiger partial charge in [0.2, 0.25) is 0 Å². The van der Waals surface area contributed by atoms with Gasteiger partial charge in [0.05, 0.1) is 10.9 Å². The Kier molecular flexibility index (Phi) is 3.66. The fourth-order valence-electron chi connectivity index (χ4n) is 0.847. The standard InChI is InChI=1S/C10H6BrFO/c11-5-1-2-8-3-4-10(12)9(6-8)7-13/h3-4,6-7H,5H2. The van der Waals surface area contributed by atoms with E-state index in [2.05, 4.69) is 27.8 Å². The number of rotatable bonds is 1. The molecule has 0 spiro atoms. The predicted molar refractivity (Wildman–Crippen MR) is 52.5 cm³/mol. The van der Waals surface area contributed by atoms with Gasteiger partial charge in [0, 0.05) is 5.56 Å². The molecule has 0 unspecified atom stereocenters. The van der Waals surface area contributed by atoms with Crippen molar-refractivity contribution in [3.8, 4) is 11.8 Å². The first-order valence-electron chi connectivity index (χ1n) is 3.57. The van der Waals surface area contributed by atoms with Crippen LogP contribution in [0.2, 0.25) is 0 Å². The van der Waals surface area contributed by atoms with Gasteiger partial charge in [-0.15, -0.1) is 0 Å². The summed E-state index contributed by atoms with van der Waals surface area (Å²) in [6.07, 6.45) is 0.481. The average Bonchev–Trinajstić information content (AvgIpc) is 2.16. The van der Waals surface area contributed by atoms with E-state index in [4.69, 9.17) is 0 Å². The molecular weight excluding hydrogens is 235 g/mol. The number of carbonyl (C=O) groups excluding carboxylic acids is 1. The van der Waals surface area contributed by atoms with Gasteiger partial charge in [-0.1, -0.05) is 27.8 Å². The molecule has 0 radical (unpaired) electrons. The lowest BCUT2D eigenvalue weighted by molar-refractivity contribution is 0.112. The second kappa shape index (κ2) is 4.78. The van der Waals surface area contributed by atoms with Gasteiger partial charge in [-0.25, -0.2) is 4.39 Å². The van der Waals surface area contributed by atoms with Gasteiger partial charge in [0.25, 0.3) is 0 Å². The van der Waals surface area contributed by atoms with Crippen LogP contribution in [0.25, 0.3) is 0 Å². The highest BCUT2D eigenvalue weighted by atomic mass is 79.9. The number of aldehydes is 1. The van der Waals surface area contributed by atoms with E-state index in [1.54, 1.807) is 0 Å². The monoisotopic (exact) mass is 240 g/mol. The summed E-state index contributed by atoms with van der Waals surface area (Å²) >= 11 is 3.14. The first-order valence-corrected chi connectivity index (χ1v) is 4.69. The van der Waals surface area contributed by atoms with Crippen molar-refractivity contribution in [2.75, 3.05) is 5.33 Å². The molecule has 0 bridgehead atoms. The minimum absolute atomic E-state index is 0.0429. The number of alkyl halides is 1. The van der Waals surface area contributed by atoms with E-state index in [1.165, 1.54) is 18.2 Å². The molecule has 0 heterocycles. The van der Waals surface area contributed by atoms with Crippen LogP contribution in [0.15, 0.2) is 18.2 Å². The van der Waals surface area contributed by atoms with Crippen LogP contribution in [-0.4, -0.2) is 11.6 Å². The summed E-state index contributed by atoms with van der Waals surface area (Å²) < 4.78 is 12.8. The normalized spacial score (nSPS) is 8.77. The quantitative estimate of drug-likeness (QED) is 0.419. The lowest BCUT2D eigenvalue weighted by Crippen LogP contribution is -1.88. The molecule has 0 aliphatic rings. The van der Waals surface area contributed by atoms with Crippen LogP contribution in [-0.2, 0) is 0 Å². The molecule has 1 nitrogen and oxygen atoms in total. The molecule has 0 aromatic heterocycles. The Morgan fingerprint density at radius 2 is 2.31 bits per heavy atom. The van der Waals surface area contributed by atoms with E-state index in [-0.39, 0.29) is 5.56 Å². The number of halogens is 2. The SMILES string of the molecule is O=Cc1cc(C#CCBr)ccc1F. The first kappa shape index (κ1) is 9.94. The Hall–Kier alpha value is -1.14. The summed E-state index contributed by atoms with van der Waals surface area (Å²) in [6, 6.07) is 4.21. The molecule has 66 valence electrons. The molecule has 0 fully saturated rings. The van der Waals surface area contributed by atoms with E-state index < -0.39 is 5.82 Å². The summed E-state index contributed by atoms with van der Waals surface area (Å²) in [5, 5.41) is 0.556. The molecule has 0 aliphatic carbocycles. The molecule has 0 atom stereocenters. The van der Waals surface area contributed by atoms with Gasteiger partial charge in [-0.3, -0.25) is 4.79 Å². The molecule has 0 saturated heterocycles. The van der Waals surface area contributed by atoms with Gasteiger partial charge < -0.3 is 0 Å². The Labute approximate surface area is 84.1 Å². The molecule has 0 amide bonds. The molecule has 3 heteroatoms. The Morgan fingerprint density at radius 1 is 1.54 bits per heavy atom. The Bertz CT molecular complexity index is 376. The highest BCUT2D eigenvalue weighted by molar-refractivity contribution is 9.09. The van der Waals surface area contributed by atoms with Crippen molar-refractivity contribution in [2.24, 2.45) is 0 Å². The van der Waals surface area contributed by atoms with Gasteiger partial charge >= 0.3 is 0 Å². The van der Waals surface area contributed by atoms with Crippen LogP contribution in [0, 0.1) is 17.7 Å². The van der Waals surface area contributed by atoms with Crippen LogP contribution >= 0.6 is 15.9 Å². The van der Waals surface area contributed by atoms with Gasteiger partial charge in [-0.05, 0) is 18.2 Å². The van der Waals surface area contributed by atoms with Crippen molar-refractivity contribution in [1.29, 1.82) is 0 Å². The highest BCUT2D eigenvalue weighted by Gasteiger charge is 1.99. The molecule has 0 aliphatic heterocycles. The molecule has 0 N–H and O–H groups in total. The Balaban J connectivity index is 3.06. The average molecular weight is 241 g/mol. The van der Waals surface area contributed by atoms with Crippen molar-refractivity contribution >= 4 is 22.2 Å². The minimum atomic E-state index is -0.514. The third kappa shape index (κ3) is 2.67. The van der Waals surface area contributed by atoms with Crippen LogP contribution in [0.4, 0.5) is 4.39 Å². The molecule has 13 heavy (non-hydrogen) atoms. The van der Waals surface area contributed by atoms with E-state index >= 15 is 0 Å². The third-order valence-corrected chi connectivity index (χ3v) is 1.70. The van der Waals surface area contributed by atoms with Crippen LogP contribution in [0.3, 0.4) is 0 Å². The third-order valence-electron chi connectivity index (χ3n) is 1.42. The fourth-order valence-corrected chi connectivity index (χ4v) is 0.987. The largest absolute Gasteiger partial charge is 0.298 e. The second-order valence-corrected chi connectivity index (χ2v) is 2.85. The fraction of sp³-hybridized carbons (Fsp3) is 0.100. The summed E-state index contributed by atoms with van der Waals surface area (Å²) in [4.78, 5) is 10.4. The smallest absolute Gasteiger partial charge is 0.153 e. The van der Waals surface area contributed by atoms with Crippen molar-refractivity contribution in [1.82, 2.24) is 0 Å². The number of hydrogen-bond acceptors (Lipinski definition) is 1. The topological polar surface area (TPSA) is 17.1 Å². The van der Waals surface area contributed by atoms with Crippen molar-refractivity contribution in [3.63, 3.8) is 0 Å². The van der Waals surface area contributed by atoms with Crippen molar-refractivity contribution in [2.45, 2.75) is 0 Å². The van der Waals surface area contributed by atoms with Crippen LogP contribution in [0.5, 0.6) is 0 Å². The first-order chi connectivity index (χ1) is 6.27. The predicted octanol–water partition coefficient (Wildman–Crippen LogP) is 2.38. The van der Waals surface area contributed by atoms with Crippen LogP contribution < -0.4 is 0 Å². The maximum atomic E-state index is 12.8. The molecule has 1 rings (SSSR count). The highest BCUT2D eigenvalue weighted by Crippen LogP contribution is 2.07. The molecule has 1 aromatic carbocycles. The lowest BCUT2D eigenvalue weighted by atomic mass is 10.1. The van der Waals surface area contributed by atoms with E-state index in [9.17, 15) is 9.18 Å². The van der Waals surface area contributed by atoms with Crippen molar-refractivity contribution < 1.29 is 9.18 Å². The van der Waals surface area contributed by atoms with E-state index in [0.717, 1.165) is 0 Å². The summed E-state index contributed by atoms with van der Waals surface area (Å²) in [6.45, 7) is 0. The van der Waals surface area contributed by atoms with Crippen LogP contribution in [0.1, 0.15) is 15.9 Å². The maximum absolute atomic E-state index is 12.8. The number of hydrogen-bond donors (Lipinski definition) is 0. The summed E-state index contributed by atoms with van der Waals surface area (Å²) in [5.74, 6) is 5.02.